The number of aryl methyl sites for hydroxylation is 2. The SMILES string of the molecule is CCCOc1c(CCC)cc(CCC)cc1-c1cccc2cc(C(C)=CC(=O)O)oc12. The fourth-order valence-corrected chi connectivity index (χ4v) is 3.94. The van der Waals surface area contributed by atoms with Crippen molar-refractivity contribution in [2.75, 3.05) is 6.61 Å². The van der Waals surface area contributed by atoms with Crippen molar-refractivity contribution in [3.63, 3.8) is 0 Å². The molecule has 0 saturated heterocycles. The van der Waals surface area contributed by atoms with Crippen molar-refractivity contribution < 1.29 is 19.1 Å². The minimum absolute atomic E-state index is 0.569. The first-order valence-electron chi connectivity index (χ1n) is 11.2. The van der Waals surface area contributed by atoms with Gasteiger partial charge in [0.05, 0.1) is 6.61 Å². The number of carbonyl (C=O) groups is 1. The predicted molar refractivity (Wildman–Crippen MR) is 127 cm³/mol. The number of carboxylic acids is 1. The lowest BCUT2D eigenvalue weighted by atomic mass is 9.93. The van der Waals surface area contributed by atoms with E-state index in [-0.39, 0.29) is 0 Å². The molecule has 164 valence electrons. The first-order valence-corrected chi connectivity index (χ1v) is 11.2. The van der Waals surface area contributed by atoms with Crippen LogP contribution >= 0.6 is 0 Å². The average Bonchev–Trinajstić information content (AvgIpc) is 3.17. The second-order valence-corrected chi connectivity index (χ2v) is 7.98. The lowest BCUT2D eigenvalue weighted by Gasteiger charge is -2.18. The quantitative estimate of drug-likeness (QED) is 0.350. The monoisotopic (exact) mass is 420 g/mol. The number of furan rings is 1. The summed E-state index contributed by atoms with van der Waals surface area (Å²) >= 11 is 0. The van der Waals surface area contributed by atoms with Crippen LogP contribution in [0, 0.1) is 0 Å². The van der Waals surface area contributed by atoms with Crippen molar-refractivity contribution in [2.24, 2.45) is 0 Å². The van der Waals surface area contributed by atoms with Gasteiger partial charge in [-0.2, -0.15) is 0 Å². The van der Waals surface area contributed by atoms with Gasteiger partial charge in [0.15, 0.2) is 0 Å². The van der Waals surface area contributed by atoms with Gasteiger partial charge in [0.1, 0.15) is 17.1 Å². The number of aliphatic carboxylic acids is 1. The molecule has 4 heteroatoms. The second-order valence-electron chi connectivity index (χ2n) is 7.98. The number of rotatable bonds is 10. The van der Waals surface area contributed by atoms with Gasteiger partial charge in [0.2, 0.25) is 0 Å². The number of benzene rings is 2. The molecular formula is C27H32O4. The highest BCUT2D eigenvalue weighted by Crippen LogP contribution is 2.40. The number of hydrogen-bond acceptors (Lipinski definition) is 3. The summed E-state index contributed by atoms with van der Waals surface area (Å²) in [5.41, 5.74) is 5.91. The van der Waals surface area contributed by atoms with Gasteiger partial charge < -0.3 is 14.3 Å². The fraction of sp³-hybridized carbons (Fsp3) is 0.370. The van der Waals surface area contributed by atoms with E-state index in [2.05, 4.69) is 39.0 Å². The van der Waals surface area contributed by atoms with Crippen molar-refractivity contribution in [2.45, 2.75) is 59.8 Å². The van der Waals surface area contributed by atoms with Gasteiger partial charge >= 0.3 is 5.97 Å². The summed E-state index contributed by atoms with van der Waals surface area (Å²) in [7, 11) is 0. The van der Waals surface area contributed by atoms with E-state index in [0.717, 1.165) is 59.9 Å². The van der Waals surface area contributed by atoms with E-state index in [4.69, 9.17) is 14.3 Å². The Balaban J connectivity index is 2.24. The van der Waals surface area contributed by atoms with Crippen LogP contribution in [0.4, 0.5) is 0 Å². The maximum atomic E-state index is 11.1. The fourth-order valence-electron chi connectivity index (χ4n) is 3.94. The van der Waals surface area contributed by atoms with Crippen LogP contribution in [-0.4, -0.2) is 17.7 Å². The summed E-state index contributed by atoms with van der Waals surface area (Å²) in [5, 5.41) is 10.0. The average molecular weight is 421 g/mol. The summed E-state index contributed by atoms with van der Waals surface area (Å²) in [4.78, 5) is 11.1. The summed E-state index contributed by atoms with van der Waals surface area (Å²) in [6.07, 6.45) is 6.21. The lowest BCUT2D eigenvalue weighted by molar-refractivity contribution is -0.131. The number of hydrogen-bond donors (Lipinski definition) is 1. The topological polar surface area (TPSA) is 59.7 Å². The number of carboxylic acid groups (broad SMARTS) is 1. The Morgan fingerprint density at radius 2 is 1.81 bits per heavy atom. The minimum atomic E-state index is -0.982. The van der Waals surface area contributed by atoms with E-state index in [0.29, 0.717) is 17.9 Å². The van der Waals surface area contributed by atoms with Gasteiger partial charge in [-0.25, -0.2) is 4.79 Å². The normalized spacial score (nSPS) is 11.8. The van der Waals surface area contributed by atoms with Gasteiger partial charge in [0, 0.05) is 22.6 Å². The number of fused-ring (bicyclic) bond motifs is 1. The van der Waals surface area contributed by atoms with Crippen molar-refractivity contribution in [3.05, 3.63) is 59.4 Å². The molecule has 0 unspecified atom stereocenters. The van der Waals surface area contributed by atoms with Crippen LogP contribution in [0.1, 0.15) is 63.8 Å². The van der Waals surface area contributed by atoms with Crippen molar-refractivity contribution in [1.29, 1.82) is 0 Å². The van der Waals surface area contributed by atoms with Crippen LogP contribution in [0.15, 0.2) is 46.9 Å². The Morgan fingerprint density at radius 3 is 2.48 bits per heavy atom. The Kier molecular flexibility index (Phi) is 7.56. The maximum absolute atomic E-state index is 11.1. The number of allylic oxidation sites excluding steroid dienone is 1. The summed E-state index contributed by atoms with van der Waals surface area (Å²) < 4.78 is 12.5. The third-order valence-electron chi connectivity index (χ3n) is 5.30. The molecule has 0 radical (unpaired) electrons. The molecule has 3 rings (SSSR count). The van der Waals surface area contributed by atoms with Gasteiger partial charge in [-0.05, 0) is 55.0 Å². The van der Waals surface area contributed by atoms with E-state index < -0.39 is 5.97 Å². The smallest absolute Gasteiger partial charge is 0.328 e. The van der Waals surface area contributed by atoms with E-state index in [1.54, 1.807) is 6.92 Å². The molecule has 0 spiro atoms. The van der Waals surface area contributed by atoms with Crippen LogP contribution in [-0.2, 0) is 17.6 Å². The van der Waals surface area contributed by atoms with Gasteiger partial charge in [-0.15, -0.1) is 0 Å². The molecule has 0 aliphatic heterocycles. The number of para-hydroxylation sites is 1. The predicted octanol–water partition coefficient (Wildman–Crippen LogP) is 7.28. The first kappa shape index (κ1) is 22.7. The summed E-state index contributed by atoms with van der Waals surface area (Å²) in [6.45, 7) is 8.91. The van der Waals surface area contributed by atoms with Crippen molar-refractivity contribution >= 4 is 22.5 Å². The van der Waals surface area contributed by atoms with Crippen LogP contribution in [0.25, 0.3) is 27.7 Å². The zero-order chi connectivity index (χ0) is 22.4. The Bertz CT molecular complexity index is 1090. The zero-order valence-electron chi connectivity index (χ0n) is 19.0. The summed E-state index contributed by atoms with van der Waals surface area (Å²) in [6, 6.07) is 12.5. The Labute approximate surface area is 184 Å². The molecular weight excluding hydrogens is 388 g/mol. The van der Waals surface area contributed by atoms with E-state index in [1.165, 1.54) is 17.2 Å². The van der Waals surface area contributed by atoms with Gasteiger partial charge in [0.25, 0.3) is 0 Å². The molecule has 0 atom stereocenters. The molecule has 0 aliphatic carbocycles. The molecule has 1 heterocycles. The molecule has 31 heavy (non-hydrogen) atoms. The van der Waals surface area contributed by atoms with Crippen molar-refractivity contribution in [1.82, 2.24) is 0 Å². The molecule has 1 N–H and O–H groups in total. The molecule has 0 saturated carbocycles. The van der Waals surface area contributed by atoms with Crippen LogP contribution in [0.2, 0.25) is 0 Å². The third kappa shape index (κ3) is 5.19. The highest BCUT2D eigenvalue weighted by atomic mass is 16.5. The molecule has 1 aromatic heterocycles. The molecule has 0 aliphatic rings. The molecule has 4 nitrogen and oxygen atoms in total. The van der Waals surface area contributed by atoms with Crippen LogP contribution in [0.5, 0.6) is 5.75 Å². The third-order valence-corrected chi connectivity index (χ3v) is 5.30. The first-order chi connectivity index (χ1) is 15.0. The second kappa shape index (κ2) is 10.3. The van der Waals surface area contributed by atoms with E-state index in [1.807, 2.05) is 18.2 Å². The molecule has 0 bridgehead atoms. The van der Waals surface area contributed by atoms with Crippen molar-refractivity contribution in [3.8, 4) is 16.9 Å². The molecule has 3 aromatic rings. The standard InChI is InChI=1S/C27H32O4/c1-5-9-19-15-20(10-6-2)26(30-13-7-3)23(16-19)22-12-8-11-21-17-24(31-27(21)22)18(4)14-25(28)29/h8,11-12,14-17H,5-7,9-10,13H2,1-4H3,(H,28,29). The maximum Gasteiger partial charge on any atom is 0.328 e. The molecule has 0 amide bonds. The van der Waals surface area contributed by atoms with E-state index >= 15 is 0 Å². The van der Waals surface area contributed by atoms with E-state index in [9.17, 15) is 4.79 Å². The largest absolute Gasteiger partial charge is 0.493 e. The molecule has 0 fully saturated rings. The van der Waals surface area contributed by atoms with Crippen LogP contribution < -0.4 is 4.74 Å². The number of ether oxygens (including phenoxy) is 1. The van der Waals surface area contributed by atoms with Gasteiger partial charge in [-0.1, -0.05) is 57.9 Å². The summed E-state index contributed by atoms with van der Waals surface area (Å²) in [5.74, 6) is 0.524. The van der Waals surface area contributed by atoms with Crippen LogP contribution in [0.3, 0.4) is 0 Å². The highest BCUT2D eigenvalue weighted by Gasteiger charge is 2.18. The zero-order valence-corrected chi connectivity index (χ0v) is 19.0. The Hall–Kier alpha value is -3.01. The lowest BCUT2D eigenvalue weighted by Crippen LogP contribution is -2.03. The Morgan fingerprint density at radius 1 is 1.03 bits per heavy atom. The van der Waals surface area contributed by atoms with Gasteiger partial charge in [-0.3, -0.25) is 0 Å². The highest BCUT2D eigenvalue weighted by molar-refractivity contribution is 5.97. The minimum Gasteiger partial charge on any atom is -0.493 e. The molecule has 2 aromatic carbocycles.